The van der Waals surface area contributed by atoms with E-state index in [1.54, 1.807) is 0 Å². The van der Waals surface area contributed by atoms with Crippen LogP contribution in [0.2, 0.25) is 0 Å². The molecule has 1 heteroatoms. The lowest BCUT2D eigenvalue weighted by Crippen LogP contribution is -2.01. The first-order valence-corrected chi connectivity index (χ1v) is 9.31. The Balaban J connectivity index is 2.09. The highest BCUT2D eigenvalue weighted by Gasteiger charge is 2.26. The Hall–Kier alpha value is -2.15. The SMILES string of the molecule is CCCCC1=C(CCCC)c2ccccc2C1=Nc1ccccc1. The average molecular weight is 317 g/mol. The van der Waals surface area contributed by atoms with E-state index in [1.807, 2.05) is 6.07 Å². The van der Waals surface area contributed by atoms with Gasteiger partial charge in [-0.05, 0) is 54.5 Å². The van der Waals surface area contributed by atoms with Crippen molar-refractivity contribution in [3.05, 3.63) is 71.3 Å². The molecule has 1 aliphatic carbocycles. The average Bonchev–Trinajstić information content (AvgIpc) is 2.92. The van der Waals surface area contributed by atoms with Crippen LogP contribution < -0.4 is 0 Å². The molecule has 24 heavy (non-hydrogen) atoms. The summed E-state index contributed by atoms with van der Waals surface area (Å²) in [5.41, 5.74) is 8.00. The van der Waals surface area contributed by atoms with Crippen molar-refractivity contribution in [1.82, 2.24) is 0 Å². The van der Waals surface area contributed by atoms with Crippen molar-refractivity contribution in [3.63, 3.8) is 0 Å². The third kappa shape index (κ3) is 3.51. The molecular formula is C23H27N. The Morgan fingerprint density at radius 1 is 0.667 bits per heavy atom. The highest BCUT2D eigenvalue weighted by atomic mass is 14.8. The van der Waals surface area contributed by atoms with Crippen molar-refractivity contribution in [3.8, 4) is 0 Å². The van der Waals surface area contributed by atoms with Gasteiger partial charge in [-0.25, -0.2) is 4.99 Å². The minimum atomic E-state index is 1.05. The Bertz CT molecular complexity index is 738. The van der Waals surface area contributed by atoms with Crippen LogP contribution in [0.4, 0.5) is 5.69 Å². The van der Waals surface area contributed by atoms with Gasteiger partial charge in [-0.2, -0.15) is 0 Å². The van der Waals surface area contributed by atoms with Gasteiger partial charge in [-0.3, -0.25) is 0 Å². The van der Waals surface area contributed by atoms with Crippen molar-refractivity contribution >= 4 is 17.0 Å². The molecule has 0 amide bonds. The van der Waals surface area contributed by atoms with Gasteiger partial charge in [0.1, 0.15) is 0 Å². The fourth-order valence-electron chi connectivity index (χ4n) is 3.44. The van der Waals surface area contributed by atoms with Crippen molar-refractivity contribution in [1.29, 1.82) is 0 Å². The monoisotopic (exact) mass is 317 g/mol. The summed E-state index contributed by atoms with van der Waals surface area (Å²) in [6, 6.07) is 19.2. The van der Waals surface area contributed by atoms with Gasteiger partial charge in [0.05, 0.1) is 11.4 Å². The van der Waals surface area contributed by atoms with Gasteiger partial charge >= 0.3 is 0 Å². The molecule has 2 aromatic rings. The minimum Gasteiger partial charge on any atom is -0.248 e. The van der Waals surface area contributed by atoms with Gasteiger partial charge in [-0.15, -0.1) is 0 Å². The van der Waals surface area contributed by atoms with Gasteiger partial charge in [0, 0.05) is 5.56 Å². The van der Waals surface area contributed by atoms with Gasteiger partial charge in [-0.1, -0.05) is 69.2 Å². The molecule has 0 atom stereocenters. The van der Waals surface area contributed by atoms with Crippen LogP contribution in [-0.2, 0) is 0 Å². The van der Waals surface area contributed by atoms with Crippen LogP contribution in [0.5, 0.6) is 0 Å². The summed E-state index contributed by atoms with van der Waals surface area (Å²) in [6.07, 6.45) is 7.23. The molecule has 1 nitrogen and oxygen atoms in total. The molecule has 0 spiro atoms. The Kier molecular flexibility index (Phi) is 5.63. The molecule has 2 aromatic carbocycles. The van der Waals surface area contributed by atoms with Crippen LogP contribution in [0, 0.1) is 0 Å². The van der Waals surface area contributed by atoms with E-state index in [0.717, 1.165) is 12.1 Å². The molecule has 0 radical (unpaired) electrons. The first-order chi connectivity index (χ1) is 11.8. The number of para-hydroxylation sites is 1. The maximum Gasteiger partial charge on any atom is 0.0750 e. The summed E-state index contributed by atoms with van der Waals surface area (Å²) in [6.45, 7) is 4.54. The lowest BCUT2D eigenvalue weighted by molar-refractivity contribution is 0.792. The van der Waals surface area contributed by atoms with Gasteiger partial charge in [0.25, 0.3) is 0 Å². The molecule has 0 heterocycles. The maximum atomic E-state index is 5.05. The molecule has 124 valence electrons. The van der Waals surface area contributed by atoms with Gasteiger partial charge in [0.15, 0.2) is 0 Å². The van der Waals surface area contributed by atoms with Crippen LogP contribution in [0.15, 0.2) is 65.2 Å². The smallest absolute Gasteiger partial charge is 0.0750 e. The molecule has 0 saturated heterocycles. The van der Waals surface area contributed by atoms with Crippen LogP contribution >= 0.6 is 0 Å². The molecule has 1 aliphatic rings. The molecule has 0 unspecified atom stereocenters. The van der Waals surface area contributed by atoms with Crippen LogP contribution in [0.3, 0.4) is 0 Å². The third-order valence-electron chi connectivity index (χ3n) is 4.72. The van der Waals surface area contributed by atoms with E-state index >= 15 is 0 Å². The number of unbranched alkanes of at least 4 members (excludes halogenated alkanes) is 2. The number of rotatable bonds is 7. The fraction of sp³-hybridized carbons (Fsp3) is 0.348. The number of hydrogen-bond donors (Lipinski definition) is 0. The molecule has 0 bridgehead atoms. The Morgan fingerprint density at radius 2 is 1.25 bits per heavy atom. The molecule has 0 aliphatic heterocycles. The lowest BCUT2D eigenvalue weighted by Gasteiger charge is -2.09. The maximum absolute atomic E-state index is 5.05. The van der Waals surface area contributed by atoms with Crippen LogP contribution in [0.25, 0.3) is 5.57 Å². The zero-order valence-electron chi connectivity index (χ0n) is 14.9. The number of benzene rings is 2. The van der Waals surface area contributed by atoms with E-state index in [4.69, 9.17) is 4.99 Å². The molecule has 0 fully saturated rings. The number of aliphatic imine (C=N–C) groups is 1. The molecule has 0 N–H and O–H groups in total. The van der Waals surface area contributed by atoms with Crippen molar-refractivity contribution in [2.75, 3.05) is 0 Å². The summed E-state index contributed by atoms with van der Waals surface area (Å²) < 4.78 is 0. The van der Waals surface area contributed by atoms with E-state index in [-0.39, 0.29) is 0 Å². The van der Waals surface area contributed by atoms with Gasteiger partial charge < -0.3 is 0 Å². The first-order valence-electron chi connectivity index (χ1n) is 9.31. The summed E-state index contributed by atoms with van der Waals surface area (Å²) in [4.78, 5) is 5.05. The second kappa shape index (κ2) is 8.10. The highest BCUT2D eigenvalue weighted by Crippen LogP contribution is 2.39. The van der Waals surface area contributed by atoms with E-state index in [9.17, 15) is 0 Å². The molecule has 0 aromatic heterocycles. The van der Waals surface area contributed by atoms with E-state index in [1.165, 1.54) is 60.1 Å². The summed E-state index contributed by atoms with van der Waals surface area (Å²) in [7, 11) is 0. The zero-order valence-corrected chi connectivity index (χ0v) is 14.9. The molecule has 3 rings (SSSR count). The fourth-order valence-corrected chi connectivity index (χ4v) is 3.44. The second-order valence-electron chi connectivity index (χ2n) is 6.51. The topological polar surface area (TPSA) is 12.4 Å². The van der Waals surface area contributed by atoms with Crippen LogP contribution in [0.1, 0.15) is 63.5 Å². The quantitative estimate of drug-likeness (QED) is 0.523. The minimum absolute atomic E-state index is 1.05. The molecular weight excluding hydrogens is 290 g/mol. The van der Waals surface area contributed by atoms with Crippen molar-refractivity contribution in [2.24, 2.45) is 4.99 Å². The van der Waals surface area contributed by atoms with Gasteiger partial charge in [0.2, 0.25) is 0 Å². The standard InChI is InChI=1S/C23H27N/c1-3-5-14-19-20-16-10-11-17-22(20)23(21(19)15-6-4-2)24-18-12-8-7-9-13-18/h7-13,16-17H,3-6,14-15H2,1-2H3. The Labute approximate surface area is 146 Å². The predicted octanol–water partition coefficient (Wildman–Crippen LogP) is 6.96. The van der Waals surface area contributed by atoms with E-state index < -0.39 is 0 Å². The van der Waals surface area contributed by atoms with E-state index in [2.05, 4.69) is 62.4 Å². The van der Waals surface area contributed by atoms with Crippen LogP contribution in [-0.4, -0.2) is 5.71 Å². The summed E-state index contributed by atoms with van der Waals surface area (Å²) in [5, 5.41) is 0. The zero-order chi connectivity index (χ0) is 16.8. The highest BCUT2D eigenvalue weighted by molar-refractivity contribution is 6.24. The van der Waals surface area contributed by atoms with E-state index in [0.29, 0.717) is 0 Å². The lowest BCUT2D eigenvalue weighted by atomic mass is 9.97. The largest absolute Gasteiger partial charge is 0.248 e. The van der Waals surface area contributed by atoms with Crippen molar-refractivity contribution in [2.45, 2.75) is 52.4 Å². The number of nitrogens with zero attached hydrogens (tertiary/aromatic N) is 1. The van der Waals surface area contributed by atoms with Crippen molar-refractivity contribution < 1.29 is 0 Å². The normalized spacial score (nSPS) is 15.2. The third-order valence-corrected chi connectivity index (χ3v) is 4.72. The summed E-state index contributed by atoms with van der Waals surface area (Å²) in [5.74, 6) is 0. The molecule has 0 saturated carbocycles. The number of fused-ring (bicyclic) bond motifs is 1. The number of allylic oxidation sites excluding steroid dienone is 2. The predicted molar refractivity (Wildman–Crippen MR) is 105 cm³/mol. The second-order valence-corrected chi connectivity index (χ2v) is 6.51. The summed E-state index contributed by atoms with van der Waals surface area (Å²) >= 11 is 0. The Morgan fingerprint density at radius 3 is 1.92 bits per heavy atom. The first kappa shape index (κ1) is 16.7. The number of hydrogen-bond acceptors (Lipinski definition) is 1.